The number of nitrogens with zero attached hydrogens (tertiary/aromatic N) is 2. The Morgan fingerprint density at radius 2 is 2.23 bits per heavy atom. The molecule has 0 bridgehead atoms. The molecule has 0 atom stereocenters. The molecule has 2 N–H and O–H groups in total. The van der Waals surface area contributed by atoms with Crippen molar-refractivity contribution in [2.24, 2.45) is 4.99 Å². The maximum Gasteiger partial charge on any atom is 0.192 e. The van der Waals surface area contributed by atoms with Crippen molar-refractivity contribution in [1.29, 1.82) is 0 Å². The van der Waals surface area contributed by atoms with Crippen LogP contribution in [0.4, 0.5) is 0 Å². The topological polar surface area (TPSA) is 62.5 Å². The molecule has 0 fully saturated rings. The van der Waals surface area contributed by atoms with E-state index in [0.717, 1.165) is 29.0 Å². The van der Waals surface area contributed by atoms with E-state index in [4.69, 9.17) is 4.42 Å². The first-order valence-electron chi connectivity index (χ1n) is 7.18. The Balaban J connectivity index is 0.00000242. The molecule has 22 heavy (non-hydrogen) atoms. The molecule has 7 heteroatoms. The maximum atomic E-state index is 5.28. The lowest BCUT2D eigenvalue weighted by atomic mass is 10.2. The van der Waals surface area contributed by atoms with E-state index in [9.17, 15) is 0 Å². The fourth-order valence-electron chi connectivity index (χ4n) is 1.73. The first-order chi connectivity index (χ1) is 10.2. The van der Waals surface area contributed by atoms with Crippen molar-refractivity contribution in [1.82, 2.24) is 15.6 Å². The molecule has 0 aliphatic rings. The minimum absolute atomic E-state index is 0. The Labute approximate surface area is 152 Å². The predicted molar refractivity (Wildman–Crippen MR) is 102 cm³/mol. The molecule has 2 heterocycles. The van der Waals surface area contributed by atoms with Gasteiger partial charge in [0.2, 0.25) is 0 Å². The quantitative estimate of drug-likeness (QED) is 0.413. The zero-order chi connectivity index (χ0) is 15.1. The normalized spacial score (nSPS) is 11.4. The highest BCUT2D eigenvalue weighted by atomic mass is 127. The van der Waals surface area contributed by atoms with Gasteiger partial charge in [-0.3, -0.25) is 0 Å². The third kappa shape index (κ3) is 5.96. The molecule has 0 saturated heterocycles. The number of aromatic nitrogens is 1. The lowest BCUT2D eigenvalue weighted by Gasteiger charge is -2.09. The summed E-state index contributed by atoms with van der Waals surface area (Å²) in [5.74, 6) is 2.09. The van der Waals surface area contributed by atoms with Crippen LogP contribution in [0.5, 0.6) is 0 Å². The van der Waals surface area contributed by atoms with Crippen molar-refractivity contribution in [2.45, 2.75) is 39.8 Å². The van der Waals surface area contributed by atoms with Crippen LogP contribution in [0, 0.1) is 0 Å². The molecule has 2 aromatic rings. The van der Waals surface area contributed by atoms with Gasteiger partial charge < -0.3 is 15.1 Å². The number of thiazole rings is 1. The summed E-state index contributed by atoms with van der Waals surface area (Å²) in [6, 6.07) is 3.79. The van der Waals surface area contributed by atoms with Gasteiger partial charge in [0.25, 0.3) is 0 Å². The standard InChI is InChI=1S/C15H22N4OS.HI/c1-4-16-15(17-8-12-6-5-7-20-12)18-9-14-19-13(10-21-14)11(2)3;/h5-7,10-11H,4,8-9H2,1-3H3,(H2,16,17,18);1H. The molecule has 2 rings (SSSR count). The summed E-state index contributed by atoms with van der Waals surface area (Å²) in [6.45, 7) is 8.38. The third-order valence-corrected chi connectivity index (χ3v) is 3.75. The van der Waals surface area contributed by atoms with Gasteiger partial charge in [-0.1, -0.05) is 13.8 Å². The molecule has 0 aliphatic heterocycles. The SMILES string of the molecule is CCNC(=NCc1ccco1)NCc1nc(C(C)C)cs1.I. The van der Waals surface area contributed by atoms with Gasteiger partial charge in [-0.15, -0.1) is 35.3 Å². The van der Waals surface area contributed by atoms with Gasteiger partial charge in [0.1, 0.15) is 17.3 Å². The highest BCUT2D eigenvalue weighted by molar-refractivity contribution is 14.0. The van der Waals surface area contributed by atoms with E-state index in [-0.39, 0.29) is 24.0 Å². The molecule has 122 valence electrons. The van der Waals surface area contributed by atoms with Gasteiger partial charge in [-0.25, -0.2) is 9.98 Å². The Morgan fingerprint density at radius 3 is 2.82 bits per heavy atom. The molecule has 2 aromatic heterocycles. The molecule has 0 aliphatic carbocycles. The van der Waals surface area contributed by atoms with Gasteiger partial charge in [0.05, 0.1) is 18.5 Å². The Bertz CT molecular complexity index is 566. The van der Waals surface area contributed by atoms with E-state index in [1.54, 1.807) is 17.6 Å². The van der Waals surface area contributed by atoms with Crippen LogP contribution in [0.2, 0.25) is 0 Å². The van der Waals surface area contributed by atoms with Gasteiger partial charge in [0, 0.05) is 11.9 Å². The summed E-state index contributed by atoms with van der Waals surface area (Å²) in [5, 5.41) is 9.71. The number of halogens is 1. The van der Waals surface area contributed by atoms with Crippen molar-refractivity contribution >= 4 is 41.3 Å². The fourth-order valence-corrected chi connectivity index (χ4v) is 2.63. The highest BCUT2D eigenvalue weighted by Crippen LogP contribution is 2.17. The number of guanidine groups is 1. The smallest absolute Gasteiger partial charge is 0.192 e. The summed E-state index contributed by atoms with van der Waals surface area (Å²) >= 11 is 1.68. The number of aliphatic imine (C=N–C) groups is 1. The van der Waals surface area contributed by atoms with E-state index >= 15 is 0 Å². The Hall–Kier alpha value is -1.09. The molecule has 0 spiro atoms. The summed E-state index contributed by atoms with van der Waals surface area (Å²) in [7, 11) is 0. The molecular formula is C15H23IN4OS. The van der Waals surface area contributed by atoms with E-state index in [1.807, 2.05) is 19.1 Å². The van der Waals surface area contributed by atoms with Crippen LogP contribution in [0.1, 0.15) is 43.2 Å². The van der Waals surface area contributed by atoms with Gasteiger partial charge in [0.15, 0.2) is 5.96 Å². The van der Waals surface area contributed by atoms with Gasteiger partial charge in [-0.2, -0.15) is 0 Å². The first kappa shape index (κ1) is 19.0. The van der Waals surface area contributed by atoms with E-state index in [2.05, 4.69) is 39.8 Å². The monoisotopic (exact) mass is 434 g/mol. The third-order valence-electron chi connectivity index (χ3n) is 2.89. The van der Waals surface area contributed by atoms with E-state index in [0.29, 0.717) is 19.0 Å². The summed E-state index contributed by atoms with van der Waals surface area (Å²) < 4.78 is 5.28. The molecular weight excluding hydrogens is 411 g/mol. The van der Waals surface area contributed by atoms with E-state index < -0.39 is 0 Å². The second kappa shape index (κ2) is 9.83. The van der Waals surface area contributed by atoms with Crippen molar-refractivity contribution < 1.29 is 4.42 Å². The minimum atomic E-state index is 0. The molecule has 0 unspecified atom stereocenters. The van der Waals surface area contributed by atoms with Crippen molar-refractivity contribution in [3.8, 4) is 0 Å². The molecule has 0 aromatic carbocycles. The fraction of sp³-hybridized carbons (Fsp3) is 0.467. The number of rotatable bonds is 6. The van der Waals surface area contributed by atoms with Crippen LogP contribution in [-0.2, 0) is 13.1 Å². The van der Waals surface area contributed by atoms with Gasteiger partial charge >= 0.3 is 0 Å². The molecule has 0 amide bonds. The van der Waals surface area contributed by atoms with Crippen molar-refractivity contribution in [2.75, 3.05) is 6.54 Å². The number of furan rings is 1. The van der Waals surface area contributed by atoms with Crippen LogP contribution >= 0.6 is 35.3 Å². The molecule has 0 radical (unpaired) electrons. The van der Waals surface area contributed by atoms with Crippen LogP contribution in [-0.4, -0.2) is 17.5 Å². The zero-order valence-electron chi connectivity index (χ0n) is 13.1. The number of nitrogens with one attached hydrogen (secondary N) is 2. The lowest BCUT2D eigenvalue weighted by Crippen LogP contribution is -2.36. The zero-order valence-corrected chi connectivity index (χ0v) is 16.3. The lowest BCUT2D eigenvalue weighted by molar-refractivity contribution is 0.512. The van der Waals surface area contributed by atoms with Crippen LogP contribution in [0.3, 0.4) is 0 Å². The van der Waals surface area contributed by atoms with Gasteiger partial charge in [-0.05, 0) is 25.0 Å². The van der Waals surface area contributed by atoms with Crippen molar-refractivity contribution in [3.63, 3.8) is 0 Å². The largest absolute Gasteiger partial charge is 0.467 e. The van der Waals surface area contributed by atoms with E-state index in [1.165, 1.54) is 0 Å². The average Bonchev–Trinajstić information content (AvgIpc) is 3.13. The predicted octanol–water partition coefficient (Wildman–Crippen LogP) is 3.73. The summed E-state index contributed by atoms with van der Waals surface area (Å²) in [5.41, 5.74) is 1.15. The molecule has 0 saturated carbocycles. The summed E-state index contributed by atoms with van der Waals surface area (Å²) in [4.78, 5) is 9.10. The Kier molecular flexibility index (Phi) is 8.47. The first-order valence-corrected chi connectivity index (χ1v) is 8.06. The number of hydrogen-bond donors (Lipinski definition) is 2. The van der Waals surface area contributed by atoms with Crippen LogP contribution in [0.25, 0.3) is 0 Å². The number of hydrogen-bond acceptors (Lipinski definition) is 4. The molecule has 5 nitrogen and oxygen atoms in total. The Morgan fingerprint density at radius 1 is 1.41 bits per heavy atom. The van der Waals surface area contributed by atoms with Crippen LogP contribution in [0.15, 0.2) is 33.2 Å². The van der Waals surface area contributed by atoms with Crippen LogP contribution < -0.4 is 10.6 Å². The minimum Gasteiger partial charge on any atom is -0.467 e. The summed E-state index contributed by atoms with van der Waals surface area (Å²) in [6.07, 6.45) is 1.66. The maximum absolute atomic E-state index is 5.28. The average molecular weight is 434 g/mol. The second-order valence-electron chi connectivity index (χ2n) is 4.95. The second-order valence-corrected chi connectivity index (χ2v) is 5.89. The highest BCUT2D eigenvalue weighted by Gasteiger charge is 2.06. The van der Waals surface area contributed by atoms with Crippen molar-refractivity contribution in [3.05, 3.63) is 40.2 Å².